The number of carbonyl (C=O) groups is 1. The largest absolute Gasteiger partial charge is 0.349 e. The number of benzene rings is 2. The van der Waals surface area contributed by atoms with Crippen molar-refractivity contribution in [3.8, 4) is 0 Å². The Morgan fingerprint density at radius 2 is 1.66 bits per heavy atom. The molecule has 2 aliphatic rings. The molecule has 154 valence electrons. The molecule has 0 saturated carbocycles. The minimum atomic E-state index is -3.58. The molecule has 29 heavy (non-hydrogen) atoms. The zero-order valence-electron chi connectivity index (χ0n) is 16.6. The van der Waals surface area contributed by atoms with Gasteiger partial charge in [-0.1, -0.05) is 17.7 Å². The second kappa shape index (κ2) is 7.54. The summed E-state index contributed by atoms with van der Waals surface area (Å²) in [5.41, 5.74) is 2.20. The second-order valence-electron chi connectivity index (χ2n) is 8.14. The normalized spacial score (nSPS) is 24.4. The maximum atomic E-state index is 13.4. The number of carbonyl (C=O) groups excluding carboxylic acids is 1. The van der Waals surface area contributed by atoms with Gasteiger partial charge < -0.3 is 5.32 Å². The van der Waals surface area contributed by atoms with E-state index in [9.17, 15) is 17.6 Å². The van der Waals surface area contributed by atoms with Crippen LogP contribution in [0.3, 0.4) is 0 Å². The van der Waals surface area contributed by atoms with Gasteiger partial charge in [-0.2, -0.15) is 4.31 Å². The molecule has 0 aromatic heterocycles. The van der Waals surface area contributed by atoms with E-state index >= 15 is 0 Å². The molecule has 2 bridgehead atoms. The first kappa shape index (κ1) is 20.0. The number of fused-ring (bicyclic) bond motifs is 2. The Balaban J connectivity index is 1.50. The highest BCUT2D eigenvalue weighted by molar-refractivity contribution is 7.89. The van der Waals surface area contributed by atoms with Gasteiger partial charge in [-0.25, -0.2) is 12.8 Å². The van der Waals surface area contributed by atoms with E-state index < -0.39 is 10.0 Å². The molecule has 2 aromatic carbocycles. The smallest absolute Gasteiger partial charge is 0.251 e. The third-order valence-corrected chi connectivity index (χ3v) is 8.16. The topological polar surface area (TPSA) is 66.5 Å². The third kappa shape index (κ3) is 3.81. The lowest BCUT2D eigenvalue weighted by Crippen LogP contribution is -2.52. The Hall–Kier alpha value is -2.25. The minimum Gasteiger partial charge on any atom is -0.349 e. The summed E-state index contributed by atoms with van der Waals surface area (Å²) in [6, 6.07) is 10.5. The van der Waals surface area contributed by atoms with E-state index in [2.05, 4.69) is 5.32 Å². The maximum Gasteiger partial charge on any atom is 0.251 e. The maximum absolute atomic E-state index is 13.4. The number of nitrogens with one attached hydrogen (secondary N) is 1. The van der Waals surface area contributed by atoms with Gasteiger partial charge in [0.1, 0.15) is 5.82 Å². The average molecular weight is 417 g/mol. The van der Waals surface area contributed by atoms with E-state index in [0.717, 1.165) is 24.0 Å². The number of hydrogen-bond acceptors (Lipinski definition) is 3. The van der Waals surface area contributed by atoms with Gasteiger partial charge in [-0.3, -0.25) is 4.79 Å². The van der Waals surface area contributed by atoms with Crippen LogP contribution in [-0.2, 0) is 10.0 Å². The first-order valence-electron chi connectivity index (χ1n) is 9.93. The van der Waals surface area contributed by atoms with Gasteiger partial charge in [0.05, 0.1) is 4.90 Å². The third-order valence-electron chi connectivity index (χ3n) is 5.99. The monoisotopic (exact) mass is 416 g/mol. The second-order valence-corrected chi connectivity index (χ2v) is 9.95. The molecule has 2 aliphatic heterocycles. The first-order chi connectivity index (χ1) is 13.8. The van der Waals surface area contributed by atoms with Gasteiger partial charge in [-0.05, 0) is 75.4 Å². The van der Waals surface area contributed by atoms with Crippen molar-refractivity contribution in [2.45, 2.75) is 62.6 Å². The molecule has 2 heterocycles. The van der Waals surface area contributed by atoms with Crippen LogP contribution in [0.5, 0.6) is 0 Å². The van der Waals surface area contributed by atoms with Crippen LogP contribution in [0.4, 0.5) is 4.39 Å². The summed E-state index contributed by atoms with van der Waals surface area (Å²) in [6.07, 6.45) is 2.79. The summed E-state index contributed by atoms with van der Waals surface area (Å²) < 4.78 is 41.5. The molecule has 1 amide bonds. The van der Waals surface area contributed by atoms with Crippen LogP contribution >= 0.6 is 0 Å². The van der Waals surface area contributed by atoms with Crippen LogP contribution < -0.4 is 5.32 Å². The summed E-state index contributed by atoms with van der Waals surface area (Å²) in [5.74, 6) is -0.635. The molecule has 5 nitrogen and oxygen atoms in total. The standard InChI is InChI=1S/C22H25FN2O3S/c1-14-3-10-21(15(2)11-14)29(27,28)25-19-8-9-20(25)13-18(12-19)24-22(26)16-4-6-17(23)7-5-16/h3-7,10-11,18-20H,8-9,12-13H2,1-2H3,(H,24,26). The lowest BCUT2D eigenvalue weighted by atomic mass is 9.99. The lowest BCUT2D eigenvalue weighted by molar-refractivity contribution is 0.0909. The highest BCUT2D eigenvalue weighted by Crippen LogP contribution is 2.40. The van der Waals surface area contributed by atoms with E-state index in [-0.39, 0.29) is 29.8 Å². The number of nitrogens with zero attached hydrogens (tertiary/aromatic N) is 1. The molecule has 2 atom stereocenters. The van der Waals surface area contributed by atoms with Gasteiger partial charge in [-0.15, -0.1) is 0 Å². The van der Waals surface area contributed by atoms with E-state index in [1.807, 2.05) is 26.0 Å². The number of sulfonamides is 1. The van der Waals surface area contributed by atoms with E-state index in [1.165, 1.54) is 24.3 Å². The summed E-state index contributed by atoms with van der Waals surface area (Å²) >= 11 is 0. The van der Waals surface area contributed by atoms with Crippen LogP contribution in [0.2, 0.25) is 0 Å². The van der Waals surface area contributed by atoms with Gasteiger partial charge in [0, 0.05) is 23.7 Å². The van der Waals surface area contributed by atoms with E-state index in [0.29, 0.717) is 23.3 Å². The Morgan fingerprint density at radius 3 is 2.24 bits per heavy atom. The molecular weight excluding hydrogens is 391 g/mol. The molecule has 4 rings (SSSR count). The molecule has 2 saturated heterocycles. The van der Waals surface area contributed by atoms with Crippen molar-refractivity contribution in [2.75, 3.05) is 0 Å². The van der Waals surface area contributed by atoms with Crippen LogP contribution in [-0.4, -0.2) is 36.8 Å². The van der Waals surface area contributed by atoms with Gasteiger partial charge in [0.15, 0.2) is 0 Å². The Bertz CT molecular complexity index is 1020. The molecule has 2 unspecified atom stereocenters. The fourth-order valence-corrected chi connectivity index (χ4v) is 6.82. The fraction of sp³-hybridized carbons (Fsp3) is 0.409. The van der Waals surface area contributed by atoms with Crippen LogP contribution in [0.25, 0.3) is 0 Å². The number of aryl methyl sites for hydroxylation is 2. The van der Waals surface area contributed by atoms with Crippen LogP contribution in [0.15, 0.2) is 47.4 Å². The zero-order valence-corrected chi connectivity index (χ0v) is 17.4. The molecule has 0 radical (unpaired) electrons. The summed E-state index contributed by atoms with van der Waals surface area (Å²) in [5, 5.41) is 3.00. The quantitative estimate of drug-likeness (QED) is 0.829. The molecule has 7 heteroatoms. The van der Waals surface area contributed by atoms with Crippen molar-refractivity contribution in [3.05, 3.63) is 65.0 Å². The lowest BCUT2D eigenvalue weighted by Gasteiger charge is -2.38. The fourth-order valence-electron chi connectivity index (χ4n) is 4.72. The first-order valence-corrected chi connectivity index (χ1v) is 11.4. The number of hydrogen-bond donors (Lipinski definition) is 1. The SMILES string of the molecule is Cc1ccc(S(=O)(=O)N2C3CCC2CC(NC(=O)c2ccc(F)cc2)C3)c(C)c1. The zero-order chi connectivity index (χ0) is 20.8. The predicted molar refractivity (Wildman–Crippen MR) is 109 cm³/mol. The van der Waals surface area contributed by atoms with Crippen molar-refractivity contribution >= 4 is 15.9 Å². The van der Waals surface area contributed by atoms with Crippen LogP contribution in [0.1, 0.15) is 47.2 Å². The molecule has 1 N–H and O–H groups in total. The summed E-state index contributed by atoms with van der Waals surface area (Å²) in [7, 11) is -3.58. The summed E-state index contributed by atoms with van der Waals surface area (Å²) in [4.78, 5) is 12.8. The molecule has 2 fully saturated rings. The minimum absolute atomic E-state index is 0.0874. The van der Waals surface area contributed by atoms with Crippen LogP contribution in [0, 0.1) is 19.7 Å². The number of halogens is 1. The predicted octanol–water partition coefficient (Wildman–Crippen LogP) is 3.56. The molecule has 0 aliphatic carbocycles. The Labute approximate surface area is 171 Å². The van der Waals surface area contributed by atoms with Gasteiger partial charge in [0.2, 0.25) is 10.0 Å². The van der Waals surface area contributed by atoms with Crippen molar-refractivity contribution in [3.63, 3.8) is 0 Å². The van der Waals surface area contributed by atoms with Crippen molar-refractivity contribution < 1.29 is 17.6 Å². The van der Waals surface area contributed by atoms with Crippen molar-refractivity contribution in [1.82, 2.24) is 9.62 Å². The Kier molecular flexibility index (Phi) is 5.21. The highest BCUT2D eigenvalue weighted by Gasteiger charge is 2.47. The molecular formula is C22H25FN2O3S. The van der Waals surface area contributed by atoms with Crippen molar-refractivity contribution in [1.29, 1.82) is 0 Å². The van der Waals surface area contributed by atoms with Crippen molar-refractivity contribution in [2.24, 2.45) is 0 Å². The number of piperidine rings is 1. The average Bonchev–Trinajstić information content (AvgIpc) is 2.94. The Morgan fingerprint density at radius 1 is 1.03 bits per heavy atom. The van der Waals surface area contributed by atoms with E-state index in [1.54, 1.807) is 10.4 Å². The summed E-state index contributed by atoms with van der Waals surface area (Å²) in [6.45, 7) is 3.78. The molecule has 0 spiro atoms. The van der Waals surface area contributed by atoms with E-state index in [4.69, 9.17) is 0 Å². The number of rotatable bonds is 4. The highest BCUT2D eigenvalue weighted by atomic mass is 32.2. The number of amides is 1. The van der Waals surface area contributed by atoms with Gasteiger partial charge in [0.25, 0.3) is 5.91 Å². The van der Waals surface area contributed by atoms with Gasteiger partial charge >= 0.3 is 0 Å². The molecule has 2 aromatic rings.